The Balaban J connectivity index is 2.00. The molecule has 0 radical (unpaired) electrons. The maximum Gasteiger partial charge on any atom is 0.251 e. The van der Waals surface area contributed by atoms with Crippen LogP contribution in [-0.2, 0) is 6.42 Å². The van der Waals surface area contributed by atoms with Gasteiger partial charge in [-0.15, -0.1) is 11.3 Å². The molecule has 5 heteroatoms. The largest absolute Gasteiger partial charge is 0.399 e. The number of benzene rings is 1. The van der Waals surface area contributed by atoms with Crippen molar-refractivity contribution >= 4 is 34.5 Å². The monoisotopic (exact) mass is 308 g/mol. The summed E-state index contributed by atoms with van der Waals surface area (Å²) in [4.78, 5) is 14.7. The van der Waals surface area contributed by atoms with Crippen LogP contribution in [-0.4, -0.2) is 11.9 Å². The van der Waals surface area contributed by atoms with Gasteiger partial charge in [0.05, 0.1) is 0 Å². The lowest BCUT2D eigenvalue weighted by molar-refractivity contribution is 0.0940. The lowest BCUT2D eigenvalue weighted by atomic mass is 10.1. The molecule has 1 aromatic carbocycles. The van der Waals surface area contributed by atoms with Gasteiger partial charge in [-0.2, -0.15) is 0 Å². The topological polar surface area (TPSA) is 55.1 Å². The number of anilines is 1. The highest BCUT2D eigenvalue weighted by molar-refractivity contribution is 7.11. The fourth-order valence-corrected chi connectivity index (χ4v) is 3.26. The summed E-state index contributed by atoms with van der Waals surface area (Å²) in [6.45, 7) is 4.06. The first kappa shape index (κ1) is 14.9. The summed E-state index contributed by atoms with van der Waals surface area (Å²) in [7, 11) is 0. The summed E-state index contributed by atoms with van der Waals surface area (Å²) < 4.78 is 0. The Bertz CT molecular complexity index is 604. The molecule has 3 N–H and O–H groups in total. The molecule has 0 aliphatic carbocycles. The number of carbonyl (C=O) groups excluding carboxylic acids is 1. The zero-order chi connectivity index (χ0) is 14.7. The molecular weight excluding hydrogens is 292 g/mol. The molecule has 2 aromatic rings. The van der Waals surface area contributed by atoms with E-state index in [1.54, 1.807) is 29.5 Å². The van der Waals surface area contributed by atoms with Crippen LogP contribution in [0.2, 0.25) is 5.02 Å². The minimum absolute atomic E-state index is 0.0563. The number of nitrogens with two attached hydrogens (primary N) is 1. The fourth-order valence-electron chi connectivity index (χ4n) is 2.00. The minimum atomic E-state index is -0.153. The van der Waals surface area contributed by atoms with Gasteiger partial charge in [-0.3, -0.25) is 4.79 Å². The molecule has 3 nitrogen and oxygen atoms in total. The second-order valence-corrected chi connectivity index (χ2v) is 6.67. The van der Waals surface area contributed by atoms with Crippen LogP contribution in [0.1, 0.15) is 27.0 Å². The molecule has 0 spiro atoms. The molecule has 1 aromatic heterocycles. The van der Waals surface area contributed by atoms with E-state index < -0.39 is 0 Å². The van der Waals surface area contributed by atoms with Gasteiger partial charge in [0.2, 0.25) is 0 Å². The van der Waals surface area contributed by atoms with Crippen LogP contribution < -0.4 is 11.1 Å². The maximum atomic E-state index is 12.1. The smallest absolute Gasteiger partial charge is 0.251 e. The van der Waals surface area contributed by atoms with Crippen LogP contribution in [0.4, 0.5) is 5.69 Å². The summed E-state index contributed by atoms with van der Waals surface area (Å²) in [5.41, 5.74) is 6.67. The Morgan fingerprint density at radius 3 is 2.75 bits per heavy atom. The molecule has 2 rings (SSSR count). The average Bonchev–Trinajstić information content (AvgIpc) is 2.73. The normalized spacial score (nSPS) is 12.2. The molecule has 0 saturated heterocycles. The predicted molar refractivity (Wildman–Crippen MR) is 85.6 cm³/mol. The average molecular weight is 309 g/mol. The Labute approximate surface area is 127 Å². The van der Waals surface area contributed by atoms with Crippen LogP contribution in [0.5, 0.6) is 0 Å². The fraction of sp³-hybridized carbons (Fsp3) is 0.267. The SMILES string of the molecule is Cc1ccc(CC(C)NC(=O)c2cc(N)cc(Cl)c2)s1. The number of hydrogen-bond donors (Lipinski definition) is 2. The molecule has 0 aliphatic heterocycles. The summed E-state index contributed by atoms with van der Waals surface area (Å²) in [6, 6.07) is 9.11. The van der Waals surface area contributed by atoms with Crippen LogP contribution in [0.3, 0.4) is 0 Å². The number of aryl methyl sites for hydroxylation is 1. The van der Waals surface area contributed by atoms with Crippen LogP contribution >= 0.6 is 22.9 Å². The van der Waals surface area contributed by atoms with E-state index in [1.165, 1.54) is 9.75 Å². The van der Waals surface area contributed by atoms with Gasteiger partial charge < -0.3 is 11.1 Å². The molecule has 1 unspecified atom stereocenters. The van der Waals surface area contributed by atoms with Gasteiger partial charge in [-0.1, -0.05) is 11.6 Å². The molecule has 0 saturated carbocycles. The predicted octanol–water partition coefficient (Wildman–Crippen LogP) is 3.65. The van der Waals surface area contributed by atoms with E-state index in [2.05, 4.69) is 24.4 Å². The van der Waals surface area contributed by atoms with E-state index in [0.29, 0.717) is 16.3 Å². The Hall–Kier alpha value is -1.52. The van der Waals surface area contributed by atoms with Crippen molar-refractivity contribution in [1.82, 2.24) is 5.32 Å². The molecule has 1 amide bonds. The lowest BCUT2D eigenvalue weighted by Gasteiger charge is -2.13. The first-order valence-corrected chi connectivity index (χ1v) is 7.56. The zero-order valence-electron chi connectivity index (χ0n) is 11.4. The van der Waals surface area contributed by atoms with E-state index in [4.69, 9.17) is 17.3 Å². The number of thiophene rings is 1. The zero-order valence-corrected chi connectivity index (χ0v) is 13.0. The van der Waals surface area contributed by atoms with Crippen molar-refractivity contribution in [3.63, 3.8) is 0 Å². The molecule has 0 aliphatic rings. The molecule has 1 atom stereocenters. The number of hydrogen-bond acceptors (Lipinski definition) is 3. The number of nitrogen functional groups attached to an aromatic ring is 1. The number of rotatable bonds is 4. The van der Waals surface area contributed by atoms with Gasteiger partial charge in [0.1, 0.15) is 0 Å². The van der Waals surface area contributed by atoms with Crippen LogP contribution in [0.25, 0.3) is 0 Å². The third-order valence-corrected chi connectivity index (χ3v) is 4.10. The molecular formula is C15H17ClN2OS. The minimum Gasteiger partial charge on any atom is -0.399 e. The van der Waals surface area contributed by atoms with Gasteiger partial charge in [0, 0.05) is 38.5 Å². The summed E-state index contributed by atoms with van der Waals surface area (Å²) in [5.74, 6) is -0.153. The lowest BCUT2D eigenvalue weighted by Crippen LogP contribution is -2.33. The molecule has 20 heavy (non-hydrogen) atoms. The quantitative estimate of drug-likeness (QED) is 0.847. The van der Waals surface area contributed by atoms with Gasteiger partial charge in [-0.25, -0.2) is 0 Å². The summed E-state index contributed by atoms with van der Waals surface area (Å²) in [5, 5.41) is 3.43. The van der Waals surface area contributed by atoms with Gasteiger partial charge in [0.15, 0.2) is 0 Å². The third-order valence-electron chi connectivity index (χ3n) is 2.86. The molecule has 0 fully saturated rings. The highest BCUT2D eigenvalue weighted by Crippen LogP contribution is 2.18. The first-order chi connectivity index (χ1) is 9.44. The van der Waals surface area contributed by atoms with Crippen molar-refractivity contribution in [3.8, 4) is 0 Å². The van der Waals surface area contributed by atoms with Gasteiger partial charge in [0.25, 0.3) is 5.91 Å². The summed E-state index contributed by atoms with van der Waals surface area (Å²) in [6.07, 6.45) is 0.820. The molecule has 106 valence electrons. The third kappa shape index (κ3) is 3.99. The highest BCUT2D eigenvalue weighted by Gasteiger charge is 2.12. The van der Waals surface area contributed by atoms with Crippen LogP contribution in [0.15, 0.2) is 30.3 Å². The first-order valence-electron chi connectivity index (χ1n) is 6.36. The van der Waals surface area contributed by atoms with Gasteiger partial charge >= 0.3 is 0 Å². The Morgan fingerprint density at radius 1 is 1.40 bits per heavy atom. The van der Waals surface area contributed by atoms with Crippen molar-refractivity contribution in [2.75, 3.05) is 5.73 Å². The maximum absolute atomic E-state index is 12.1. The second-order valence-electron chi connectivity index (χ2n) is 4.86. The second kappa shape index (κ2) is 6.29. The molecule has 0 bridgehead atoms. The van der Waals surface area contributed by atoms with Crippen molar-refractivity contribution < 1.29 is 4.79 Å². The number of amides is 1. The highest BCUT2D eigenvalue weighted by atomic mass is 35.5. The van der Waals surface area contributed by atoms with Crippen molar-refractivity contribution in [2.24, 2.45) is 0 Å². The van der Waals surface area contributed by atoms with Gasteiger partial charge in [-0.05, 0) is 44.2 Å². The van der Waals surface area contributed by atoms with Crippen molar-refractivity contribution in [2.45, 2.75) is 26.3 Å². The standard InChI is InChI=1S/C15H17ClN2OS/c1-9(5-14-4-3-10(2)20-14)18-15(19)11-6-12(16)8-13(17)7-11/h3-4,6-9H,5,17H2,1-2H3,(H,18,19). The van der Waals surface area contributed by atoms with E-state index in [9.17, 15) is 4.79 Å². The van der Waals surface area contributed by atoms with Crippen molar-refractivity contribution in [3.05, 3.63) is 50.7 Å². The molecule has 1 heterocycles. The Kier molecular flexibility index (Phi) is 4.68. The van der Waals surface area contributed by atoms with Crippen molar-refractivity contribution in [1.29, 1.82) is 0 Å². The Morgan fingerprint density at radius 2 is 2.15 bits per heavy atom. The van der Waals surface area contributed by atoms with E-state index >= 15 is 0 Å². The summed E-state index contributed by atoms with van der Waals surface area (Å²) >= 11 is 7.66. The van der Waals surface area contributed by atoms with Crippen LogP contribution in [0, 0.1) is 6.92 Å². The van der Waals surface area contributed by atoms with E-state index in [-0.39, 0.29) is 11.9 Å². The number of halogens is 1. The van der Waals surface area contributed by atoms with E-state index in [0.717, 1.165) is 6.42 Å². The number of carbonyl (C=O) groups is 1. The number of nitrogens with one attached hydrogen (secondary N) is 1. The van der Waals surface area contributed by atoms with E-state index in [1.807, 2.05) is 6.92 Å².